The Morgan fingerprint density at radius 3 is 3.27 bits per heavy atom. The van der Waals surface area contributed by atoms with Crippen LogP contribution in [0.5, 0.6) is 0 Å². The highest BCUT2D eigenvalue weighted by Gasteiger charge is 2.25. The molecule has 0 amide bonds. The molecule has 1 unspecified atom stereocenters. The summed E-state index contributed by atoms with van der Waals surface area (Å²) in [5.41, 5.74) is 0. The van der Waals surface area contributed by atoms with Gasteiger partial charge >= 0.3 is 0 Å². The number of rotatable bonds is 1. The summed E-state index contributed by atoms with van der Waals surface area (Å²) in [6.45, 7) is 1.10. The third-order valence-electron chi connectivity index (χ3n) is 2.03. The Balaban J connectivity index is 1.91. The molecule has 0 spiro atoms. The van der Waals surface area contributed by atoms with Gasteiger partial charge < -0.3 is 0 Å². The second-order valence-corrected chi connectivity index (χ2v) is 4.12. The summed E-state index contributed by atoms with van der Waals surface area (Å²) >= 11 is 1.99. The van der Waals surface area contributed by atoms with Crippen molar-refractivity contribution in [2.45, 2.75) is 25.4 Å². The van der Waals surface area contributed by atoms with Gasteiger partial charge in [0, 0.05) is 12.8 Å². The maximum atomic E-state index is 4.42. The average Bonchev–Trinajstić information content (AvgIpc) is 2.58. The minimum Gasteiger partial charge on any atom is -0.294 e. The predicted octanol–water partition coefficient (Wildman–Crippen LogP) is 1.44. The topological polar surface area (TPSA) is 24.4 Å². The van der Waals surface area contributed by atoms with Crippen LogP contribution in [0.3, 0.4) is 0 Å². The third kappa shape index (κ3) is 1.76. The molecule has 2 aliphatic rings. The van der Waals surface area contributed by atoms with Crippen molar-refractivity contribution in [1.82, 2.24) is 5.32 Å². The van der Waals surface area contributed by atoms with Gasteiger partial charge in [-0.15, -0.1) is 11.8 Å². The standard InChI is InChI=1S/C8H13N2S/c1-3-7(11-6-1)8-9-4-2-5-10-8/h4,8,10H,1-3,5-6H2. The van der Waals surface area contributed by atoms with Crippen molar-refractivity contribution < 1.29 is 0 Å². The zero-order valence-corrected chi connectivity index (χ0v) is 7.36. The fraction of sp³-hybridized carbons (Fsp3) is 0.750. The molecule has 3 heteroatoms. The Bertz CT molecular complexity index is 152. The van der Waals surface area contributed by atoms with E-state index in [4.69, 9.17) is 0 Å². The number of thioether (sulfide) groups is 1. The van der Waals surface area contributed by atoms with E-state index >= 15 is 0 Å². The molecule has 0 aliphatic carbocycles. The summed E-state index contributed by atoms with van der Waals surface area (Å²) in [7, 11) is 0. The Morgan fingerprint density at radius 1 is 1.64 bits per heavy atom. The van der Waals surface area contributed by atoms with Crippen molar-refractivity contribution >= 4 is 18.0 Å². The van der Waals surface area contributed by atoms with Gasteiger partial charge in [0.1, 0.15) is 6.17 Å². The molecule has 1 fully saturated rings. The molecule has 2 nitrogen and oxygen atoms in total. The van der Waals surface area contributed by atoms with Crippen molar-refractivity contribution in [3.8, 4) is 0 Å². The SMILES string of the molecule is C1=NC([C]2CCCS2)NCC1. The van der Waals surface area contributed by atoms with Gasteiger partial charge in [-0.3, -0.25) is 10.3 Å². The van der Waals surface area contributed by atoms with Crippen LogP contribution in [0.1, 0.15) is 19.3 Å². The van der Waals surface area contributed by atoms with Crippen LogP contribution in [-0.4, -0.2) is 24.7 Å². The first kappa shape index (κ1) is 7.62. The predicted molar refractivity (Wildman–Crippen MR) is 49.8 cm³/mol. The molecule has 61 valence electrons. The minimum absolute atomic E-state index is 0.344. The molecule has 1 atom stereocenters. The average molecular weight is 169 g/mol. The van der Waals surface area contributed by atoms with Gasteiger partial charge in [-0.2, -0.15) is 0 Å². The molecule has 0 aromatic heterocycles. The molecule has 0 aromatic carbocycles. The van der Waals surface area contributed by atoms with Gasteiger partial charge in [0.2, 0.25) is 0 Å². The Labute approximate surface area is 71.9 Å². The van der Waals surface area contributed by atoms with Gasteiger partial charge in [-0.05, 0) is 25.0 Å². The number of nitrogens with zero attached hydrogens (tertiary/aromatic N) is 1. The maximum absolute atomic E-state index is 4.42. The number of hydrogen-bond donors (Lipinski definition) is 1. The lowest BCUT2D eigenvalue weighted by atomic mass is 10.2. The van der Waals surface area contributed by atoms with Crippen molar-refractivity contribution in [2.75, 3.05) is 12.3 Å². The molecule has 1 N–H and O–H groups in total. The van der Waals surface area contributed by atoms with Crippen LogP contribution in [0.15, 0.2) is 4.99 Å². The molecule has 0 saturated carbocycles. The largest absolute Gasteiger partial charge is 0.294 e. The molecule has 11 heavy (non-hydrogen) atoms. The lowest BCUT2D eigenvalue weighted by molar-refractivity contribution is 0.551. The molecular weight excluding hydrogens is 156 g/mol. The van der Waals surface area contributed by atoms with E-state index in [2.05, 4.69) is 10.3 Å². The summed E-state index contributed by atoms with van der Waals surface area (Å²) in [5.74, 6) is 1.29. The smallest absolute Gasteiger partial charge is 0.115 e. The lowest BCUT2D eigenvalue weighted by Crippen LogP contribution is -2.35. The van der Waals surface area contributed by atoms with Crippen LogP contribution in [0.4, 0.5) is 0 Å². The minimum atomic E-state index is 0.344. The highest BCUT2D eigenvalue weighted by atomic mass is 32.2. The zero-order valence-electron chi connectivity index (χ0n) is 6.55. The first-order valence-corrected chi connectivity index (χ1v) is 5.19. The maximum Gasteiger partial charge on any atom is 0.115 e. The van der Waals surface area contributed by atoms with E-state index in [9.17, 15) is 0 Å². The van der Waals surface area contributed by atoms with Crippen molar-refractivity contribution in [2.24, 2.45) is 4.99 Å². The highest BCUT2D eigenvalue weighted by molar-refractivity contribution is 8.02. The molecular formula is C8H13N2S. The van der Waals surface area contributed by atoms with E-state index in [1.54, 1.807) is 5.25 Å². The number of hydrogen-bond acceptors (Lipinski definition) is 3. The van der Waals surface area contributed by atoms with E-state index in [1.165, 1.54) is 18.6 Å². The van der Waals surface area contributed by atoms with Crippen LogP contribution < -0.4 is 5.32 Å². The Hall–Kier alpha value is -0.0200. The van der Waals surface area contributed by atoms with Crippen LogP contribution in [0, 0.1) is 5.25 Å². The highest BCUT2D eigenvalue weighted by Crippen LogP contribution is 2.36. The second-order valence-electron chi connectivity index (χ2n) is 2.90. The molecule has 0 aromatic rings. The quantitative estimate of drug-likeness (QED) is 0.642. The fourth-order valence-corrected chi connectivity index (χ4v) is 2.59. The Kier molecular flexibility index (Phi) is 2.48. The second kappa shape index (κ2) is 3.59. The fourth-order valence-electron chi connectivity index (χ4n) is 1.45. The summed E-state index contributed by atoms with van der Waals surface area (Å²) in [4.78, 5) is 4.42. The van der Waals surface area contributed by atoms with Gasteiger partial charge in [-0.25, -0.2) is 0 Å². The Morgan fingerprint density at radius 2 is 2.64 bits per heavy atom. The van der Waals surface area contributed by atoms with Crippen LogP contribution >= 0.6 is 11.8 Å². The monoisotopic (exact) mass is 169 g/mol. The lowest BCUT2D eigenvalue weighted by Gasteiger charge is -2.21. The van der Waals surface area contributed by atoms with Crippen molar-refractivity contribution in [3.05, 3.63) is 5.25 Å². The van der Waals surface area contributed by atoms with E-state index in [1.807, 2.05) is 18.0 Å². The van der Waals surface area contributed by atoms with Gasteiger partial charge in [0.05, 0.1) is 5.25 Å². The van der Waals surface area contributed by atoms with Gasteiger partial charge in [0.15, 0.2) is 0 Å². The van der Waals surface area contributed by atoms with Crippen molar-refractivity contribution in [3.63, 3.8) is 0 Å². The molecule has 2 rings (SSSR count). The van der Waals surface area contributed by atoms with Crippen LogP contribution in [-0.2, 0) is 0 Å². The van der Waals surface area contributed by atoms with Gasteiger partial charge in [0.25, 0.3) is 0 Å². The zero-order chi connectivity index (χ0) is 7.52. The first-order chi connectivity index (χ1) is 5.47. The third-order valence-corrected chi connectivity index (χ3v) is 3.32. The summed E-state index contributed by atoms with van der Waals surface area (Å²) in [6.07, 6.45) is 6.09. The molecule has 2 heterocycles. The summed E-state index contributed by atoms with van der Waals surface area (Å²) < 4.78 is 0. The van der Waals surface area contributed by atoms with E-state index in [-0.39, 0.29) is 0 Å². The molecule has 2 aliphatic heterocycles. The van der Waals surface area contributed by atoms with Crippen LogP contribution in [0.2, 0.25) is 0 Å². The molecule has 1 radical (unpaired) electrons. The number of aliphatic imine (C=N–C) groups is 1. The first-order valence-electron chi connectivity index (χ1n) is 4.20. The van der Waals surface area contributed by atoms with E-state index < -0.39 is 0 Å². The summed E-state index contributed by atoms with van der Waals surface area (Å²) in [6, 6.07) is 0. The van der Waals surface area contributed by atoms with Crippen molar-refractivity contribution in [1.29, 1.82) is 0 Å². The van der Waals surface area contributed by atoms with E-state index in [0.29, 0.717) is 6.17 Å². The van der Waals surface area contributed by atoms with Crippen LogP contribution in [0.25, 0.3) is 0 Å². The number of nitrogens with one attached hydrogen (secondary N) is 1. The summed E-state index contributed by atoms with van der Waals surface area (Å²) in [5, 5.41) is 4.95. The molecule has 0 bridgehead atoms. The molecule has 1 saturated heterocycles. The van der Waals surface area contributed by atoms with Gasteiger partial charge in [-0.1, -0.05) is 0 Å². The normalized spacial score (nSPS) is 32.9. The van der Waals surface area contributed by atoms with E-state index in [0.717, 1.165) is 13.0 Å².